The van der Waals surface area contributed by atoms with E-state index in [1.807, 2.05) is 0 Å². The van der Waals surface area contributed by atoms with Gasteiger partial charge in [-0.25, -0.2) is 0 Å². The minimum absolute atomic E-state index is 0.571. The molecule has 0 amide bonds. The van der Waals surface area contributed by atoms with Crippen LogP contribution in [0, 0.1) is 13.8 Å². The van der Waals surface area contributed by atoms with E-state index in [9.17, 15) is 0 Å². The van der Waals surface area contributed by atoms with Gasteiger partial charge in [-0.1, -0.05) is 25.1 Å². The van der Waals surface area contributed by atoms with Crippen molar-refractivity contribution in [3.8, 4) is 0 Å². The standard InChI is InChI=1S/C18H25NS/c1-4-19-18(8-7-16-9-10-20-13-16)12-17-6-5-14(2)15(3)11-17/h5-6,9-11,13,18-19H,4,7-8,12H2,1-3H3. The summed E-state index contributed by atoms with van der Waals surface area (Å²) in [6, 6.07) is 9.67. The maximum Gasteiger partial charge on any atom is 0.0110 e. The van der Waals surface area contributed by atoms with Gasteiger partial charge in [0.2, 0.25) is 0 Å². The summed E-state index contributed by atoms with van der Waals surface area (Å²) in [6.07, 6.45) is 3.50. The van der Waals surface area contributed by atoms with Gasteiger partial charge < -0.3 is 5.32 Å². The molecule has 20 heavy (non-hydrogen) atoms. The molecule has 1 aromatic heterocycles. The first-order chi connectivity index (χ1) is 9.69. The number of likely N-dealkylation sites (N-methyl/N-ethyl adjacent to an activating group) is 1. The molecule has 0 saturated carbocycles. The van der Waals surface area contributed by atoms with Gasteiger partial charge in [0.05, 0.1) is 0 Å². The van der Waals surface area contributed by atoms with Gasteiger partial charge in [-0.05, 0) is 78.7 Å². The number of rotatable bonds is 7. The van der Waals surface area contributed by atoms with Gasteiger partial charge in [-0.15, -0.1) is 0 Å². The molecule has 2 heteroatoms. The van der Waals surface area contributed by atoms with Crippen molar-refractivity contribution in [2.75, 3.05) is 6.54 Å². The highest BCUT2D eigenvalue weighted by Gasteiger charge is 2.09. The highest BCUT2D eigenvalue weighted by Crippen LogP contribution is 2.15. The lowest BCUT2D eigenvalue weighted by atomic mass is 9.97. The third-order valence-electron chi connectivity index (χ3n) is 3.91. The lowest BCUT2D eigenvalue weighted by Gasteiger charge is -2.18. The van der Waals surface area contributed by atoms with Gasteiger partial charge >= 0.3 is 0 Å². The fourth-order valence-corrected chi connectivity index (χ4v) is 3.26. The van der Waals surface area contributed by atoms with E-state index in [2.05, 4.69) is 61.1 Å². The second-order valence-electron chi connectivity index (χ2n) is 5.55. The van der Waals surface area contributed by atoms with Crippen molar-refractivity contribution in [2.45, 2.75) is 46.1 Å². The fourth-order valence-electron chi connectivity index (χ4n) is 2.56. The third-order valence-corrected chi connectivity index (χ3v) is 4.64. The Balaban J connectivity index is 1.95. The van der Waals surface area contributed by atoms with E-state index in [1.54, 1.807) is 11.3 Å². The Labute approximate surface area is 127 Å². The third kappa shape index (κ3) is 4.46. The normalized spacial score (nSPS) is 12.6. The summed E-state index contributed by atoms with van der Waals surface area (Å²) in [7, 11) is 0. The number of benzene rings is 1. The zero-order chi connectivity index (χ0) is 14.4. The molecule has 0 spiro atoms. The largest absolute Gasteiger partial charge is 0.314 e. The van der Waals surface area contributed by atoms with Crippen molar-refractivity contribution in [1.29, 1.82) is 0 Å². The molecule has 108 valence electrons. The van der Waals surface area contributed by atoms with Crippen LogP contribution in [0.3, 0.4) is 0 Å². The molecular formula is C18H25NS. The van der Waals surface area contributed by atoms with E-state index in [4.69, 9.17) is 0 Å². The number of aryl methyl sites for hydroxylation is 3. The molecular weight excluding hydrogens is 262 g/mol. The average Bonchev–Trinajstić information content (AvgIpc) is 2.94. The minimum atomic E-state index is 0.571. The van der Waals surface area contributed by atoms with Crippen molar-refractivity contribution in [1.82, 2.24) is 5.32 Å². The monoisotopic (exact) mass is 287 g/mol. The highest BCUT2D eigenvalue weighted by atomic mass is 32.1. The zero-order valence-corrected chi connectivity index (χ0v) is 13.6. The molecule has 1 heterocycles. The summed E-state index contributed by atoms with van der Waals surface area (Å²) in [5.74, 6) is 0. The van der Waals surface area contributed by atoms with Crippen molar-refractivity contribution in [3.05, 3.63) is 57.3 Å². The van der Waals surface area contributed by atoms with Crippen LogP contribution in [0.5, 0.6) is 0 Å². The maximum absolute atomic E-state index is 3.63. The lowest BCUT2D eigenvalue weighted by molar-refractivity contribution is 0.491. The molecule has 1 aromatic carbocycles. The van der Waals surface area contributed by atoms with Crippen LogP contribution in [-0.4, -0.2) is 12.6 Å². The summed E-state index contributed by atoms with van der Waals surface area (Å²) >= 11 is 1.79. The molecule has 0 saturated heterocycles. The molecule has 1 atom stereocenters. The summed E-state index contributed by atoms with van der Waals surface area (Å²) in [6.45, 7) is 7.61. The molecule has 0 aliphatic rings. The quantitative estimate of drug-likeness (QED) is 0.789. The first kappa shape index (κ1) is 15.3. The first-order valence-electron chi connectivity index (χ1n) is 7.49. The Morgan fingerprint density at radius 2 is 1.95 bits per heavy atom. The van der Waals surface area contributed by atoms with E-state index in [1.165, 1.54) is 35.1 Å². The van der Waals surface area contributed by atoms with Crippen molar-refractivity contribution in [3.63, 3.8) is 0 Å². The summed E-state index contributed by atoms with van der Waals surface area (Å²) < 4.78 is 0. The topological polar surface area (TPSA) is 12.0 Å². The molecule has 0 radical (unpaired) electrons. The minimum Gasteiger partial charge on any atom is -0.314 e. The van der Waals surface area contributed by atoms with Crippen LogP contribution in [-0.2, 0) is 12.8 Å². The summed E-state index contributed by atoms with van der Waals surface area (Å²) in [5.41, 5.74) is 5.70. The van der Waals surface area contributed by atoms with Gasteiger partial charge in [-0.2, -0.15) is 11.3 Å². The lowest BCUT2D eigenvalue weighted by Crippen LogP contribution is -2.31. The van der Waals surface area contributed by atoms with E-state index in [0.717, 1.165) is 13.0 Å². The zero-order valence-electron chi connectivity index (χ0n) is 12.8. The van der Waals surface area contributed by atoms with E-state index in [-0.39, 0.29) is 0 Å². The SMILES string of the molecule is CCNC(CCc1ccsc1)Cc1ccc(C)c(C)c1. The van der Waals surface area contributed by atoms with E-state index < -0.39 is 0 Å². The summed E-state index contributed by atoms with van der Waals surface area (Å²) in [4.78, 5) is 0. The van der Waals surface area contributed by atoms with Crippen LogP contribution in [0.15, 0.2) is 35.0 Å². The van der Waals surface area contributed by atoms with Crippen molar-refractivity contribution >= 4 is 11.3 Å². The Morgan fingerprint density at radius 1 is 1.10 bits per heavy atom. The van der Waals surface area contributed by atoms with Crippen LogP contribution in [0.25, 0.3) is 0 Å². The van der Waals surface area contributed by atoms with Crippen molar-refractivity contribution in [2.24, 2.45) is 0 Å². The number of thiophene rings is 1. The van der Waals surface area contributed by atoms with Crippen LogP contribution in [0.2, 0.25) is 0 Å². The van der Waals surface area contributed by atoms with E-state index in [0.29, 0.717) is 6.04 Å². The maximum atomic E-state index is 3.63. The first-order valence-corrected chi connectivity index (χ1v) is 8.44. The molecule has 2 rings (SSSR count). The molecule has 0 bridgehead atoms. The molecule has 0 aliphatic carbocycles. The molecule has 0 fully saturated rings. The number of hydrogen-bond donors (Lipinski definition) is 1. The van der Waals surface area contributed by atoms with Crippen molar-refractivity contribution < 1.29 is 0 Å². The molecule has 2 aromatic rings. The molecule has 0 aliphatic heterocycles. The van der Waals surface area contributed by atoms with Crippen LogP contribution < -0.4 is 5.32 Å². The van der Waals surface area contributed by atoms with Gasteiger partial charge in [0, 0.05) is 6.04 Å². The molecule has 1 unspecified atom stereocenters. The fraction of sp³-hybridized carbons (Fsp3) is 0.444. The Hall–Kier alpha value is -1.12. The number of nitrogens with one attached hydrogen (secondary N) is 1. The number of hydrogen-bond acceptors (Lipinski definition) is 2. The van der Waals surface area contributed by atoms with Gasteiger partial charge in [-0.3, -0.25) is 0 Å². The second kappa shape index (κ2) is 7.61. The van der Waals surface area contributed by atoms with Crippen LogP contribution in [0.1, 0.15) is 35.6 Å². The van der Waals surface area contributed by atoms with Gasteiger partial charge in [0.25, 0.3) is 0 Å². The van der Waals surface area contributed by atoms with Crippen LogP contribution in [0.4, 0.5) is 0 Å². The van der Waals surface area contributed by atoms with Crippen LogP contribution >= 0.6 is 11.3 Å². The van der Waals surface area contributed by atoms with Gasteiger partial charge in [0.1, 0.15) is 0 Å². The predicted octanol–water partition coefficient (Wildman–Crippen LogP) is 4.52. The smallest absolute Gasteiger partial charge is 0.0110 e. The molecule has 1 N–H and O–H groups in total. The highest BCUT2D eigenvalue weighted by molar-refractivity contribution is 7.07. The Bertz CT molecular complexity index is 516. The van der Waals surface area contributed by atoms with E-state index >= 15 is 0 Å². The summed E-state index contributed by atoms with van der Waals surface area (Å²) in [5, 5.41) is 8.06. The Morgan fingerprint density at radius 3 is 2.60 bits per heavy atom. The average molecular weight is 287 g/mol. The predicted molar refractivity (Wildman–Crippen MR) is 89.7 cm³/mol. The van der Waals surface area contributed by atoms with Gasteiger partial charge in [0.15, 0.2) is 0 Å². The Kier molecular flexibility index (Phi) is 5.81. The molecule has 1 nitrogen and oxygen atoms in total. The second-order valence-corrected chi connectivity index (χ2v) is 6.33.